The average molecular weight is 360 g/mol. The molecule has 0 aromatic heterocycles. The lowest BCUT2D eigenvalue weighted by Crippen LogP contribution is -2.24. The molecule has 1 aliphatic rings. The van der Waals surface area contributed by atoms with Crippen molar-refractivity contribution in [2.45, 2.75) is 43.0 Å². The van der Waals surface area contributed by atoms with E-state index in [9.17, 15) is 8.42 Å². The van der Waals surface area contributed by atoms with E-state index in [2.05, 4.69) is 9.39 Å². The standard InChI is InChI=1S/C14H21N5O2S.ClH/c15-13(18-11-4-2-1-3-5-11)10-6-8-12(9-7-10)22(20,21)19-14(16)17;/h6-9,11H,1-5H2,(H2,15,18)(H4,16,17,19);1H. The summed E-state index contributed by atoms with van der Waals surface area (Å²) in [6.07, 6.45) is 5.72. The molecule has 0 saturated heterocycles. The van der Waals surface area contributed by atoms with E-state index in [4.69, 9.17) is 17.2 Å². The maximum absolute atomic E-state index is 11.8. The number of guanidine groups is 1. The molecular formula is C14H22ClN5O2S. The lowest BCUT2D eigenvalue weighted by atomic mass is 9.96. The summed E-state index contributed by atoms with van der Waals surface area (Å²) >= 11 is 0. The van der Waals surface area contributed by atoms with E-state index >= 15 is 0 Å². The summed E-state index contributed by atoms with van der Waals surface area (Å²) in [5.74, 6) is -0.0693. The highest BCUT2D eigenvalue weighted by Crippen LogP contribution is 2.21. The highest BCUT2D eigenvalue weighted by molar-refractivity contribution is 7.90. The second-order valence-corrected chi connectivity index (χ2v) is 6.93. The lowest BCUT2D eigenvalue weighted by molar-refractivity contribution is 0.443. The Labute approximate surface area is 142 Å². The molecule has 1 aromatic carbocycles. The minimum Gasteiger partial charge on any atom is -0.383 e. The van der Waals surface area contributed by atoms with E-state index in [1.807, 2.05) is 0 Å². The van der Waals surface area contributed by atoms with Crippen LogP contribution >= 0.6 is 12.4 Å². The second kappa shape index (κ2) is 8.16. The quantitative estimate of drug-likeness (QED) is 0.546. The molecule has 0 heterocycles. The highest BCUT2D eigenvalue weighted by Gasteiger charge is 2.15. The van der Waals surface area contributed by atoms with Crippen LogP contribution in [0.2, 0.25) is 0 Å². The average Bonchev–Trinajstić information content (AvgIpc) is 2.47. The van der Waals surface area contributed by atoms with Crippen LogP contribution < -0.4 is 17.2 Å². The van der Waals surface area contributed by atoms with Crippen LogP contribution in [0, 0.1) is 0 Å². The van der Waals surface area contributed by atoms with Gasteiger partial charge in [0.05, 0.1) is 10.9 Å². The summed E-state index contributed by atoms with van der Waals surface area (Å²) in [4.78, 5) is 4.53. The van der Waals surface area contributed by atoms with E-state index in [1.54, 1.807) is 12.1 Å². The van der Waals surface area contributed by atoms with Crippen LogP contribution in [0.1, 0.15) is 37.7 Å². The fourth-order valence-corrected chi connectivity index (χ4v) is 3.33. The number of amidine groups is 1. The molecule has 7 nitrogen and oxygen atoms in total. The molecule has 1 aliphatic carbocycles. The summed E-state index contributed by atoms with van der Waals surface area (Å²) in [7, 11) is -3.87. The fraction of sp³-hybridized carbons (Fsp3) is 0.429. The van der Waals surface area contributed by atoms with Crippen LogP contribution in [0.25, 0.3) is 0 Å². The van der Waals surface area contributed by atoms with Crippen molar-refractivity contribution in [3.05, 3.63) is 29.8 Å². The smallest absolute Gasteiger partial charge is 0.285 e. The van der Waals surface area contributed by atoms with Crippen LogP contribution in [0.15, 0.2) is 38.6 Å². The zero-order chi connectivity index (χ0) is 16.2. The molecule has 6 N–H and O–H groups in total. The number of nitrogens with two attached hydrogens (primary N) is 3. The van der Waals surface area contributed by atoms with Crippen LogP contribution in [0.5, 0.6) is 0 Å². The molecule has 9 heteroatoms. The number of benzene rings is 1. The molecule has 0 atom stereocenters. The molecule has 0 unspecified atom stereocenters. The topological polar surface area (TPSA) is 137 Å². The summed E-state index contributed by atoms with van der Waals surface area (Å²) in [6.45, 7) is 0. The second-order valence-electron chi connectivity index (χ2n) is 5.32. The molecule has 1 aromatic rings. The maximum Gasteiger partial charge on any atom is 0.285 e. The van der Waals surface area contributed by atoms with Crippen molar-refractivity contribution in [1.82, 2.24) is 0 Å². The van der Waals surface area contributed by atoms with Gasteiger partial charge in [0.1, 0.15) is 5.84 Å². The first-order valence-corrected chi connectivity index (χ1v) is 8.62. The van der Waals surface area contributed by atoms with Gasteiger partial charge >= 0.3 is 0 Å². The summed E-state index contributed by atoms with van der Waals surface area (Å²) in [5.41, 5.74) is 16.9. The predicted octanol–water partition coefficient (Wildman–Crippen LogP) is 1.11. The van der Waals surface area contributed by atoms with Crippen molar-refractivity contribution in [2.75, 3.05) is 0 Å². The van der Waals surface area contributed by atoms with Crippen molar-refractivity contribution < 1.29 is 8.42 Å². The van der Waals surface area contributed by atoms with Gasteiger partial charge in [-0.25, -0.2) is 0 Å². The Morgan fingerprint density at radius 3 is 2.09 bits per heavy atom. The minimum atomic E-state index is -3.87. The molecule has 2 rings (SSSR count). The largest absolute Gasteiger partial charge is 0.383 e. The number of hydrogen-bond donors (Lipinski definition) is 3. The van der Waals surface area contributed by atoms with Gasteiger partial charge in [0.25, 0.3) is 10.0 Å². The van der Waals surface area contributed by atoms with Crippen LogP contribution in [-0.2, 0) is 10.0 Å². The SMILES string of the molecule is Cl.NC(N)=NS(=O)(=O)c1ccc(C(N)=NC2CCCCC2)cc1. The van der Waals surface area contributed by atoms with Gasteiger partial charge < -0.3 is 17.2 Å². The maximum atomic E-state index is 11.8. The zero-order valence-corrected chi connectivity index (χ0v) is 14.3. The molecule has 1 fully saturated rings. The van der Waals surface area contributed by atoms with Gasteiger partial charge in [0.2, 0.25) is 5.96 Å². The predicted molar refractivity (Wildman–Crippen MR) is 94.3 cm³/mol. The molecule has 1 saturated carbocycles. The van der Waals surface area contributed by atoms with Crippen molar-refractivity contribution in [2.24, 2.45) is 26.6 Å². The Hall–Kier alpha value is -1.80. The number of halogens is 1. The summed E-state index contributed by atoms with van der Waals surface area (Å²) in [5, 5.41) is 0. The first-order valence-electron chi connectivity index (χ1n) is 7.18. The first kappa shape index (κ1) is 19.2. The molecular weight excluding hydrogens is 338 g/mol. The molecule has 0 aliphatic heterocycles. The van der Waals surface area contributed by atoms with Gasteiger partial charge in [0.15, 0.2) is 0 Å². The van der Waals surface area contributed by atoms with Gasteiger partial charge in [0, 0.05) is 5.56 Å². The van der Waals surface area contributed by atoms with E-state index < -0.39 is 16.0 Å². The van der Waals surface area contributed by atoms with Crippen molar-refractivity contribution in [3.63, 3.8) is 0 Å². The normalized spacial score (nSPS) is 16.4. The Morgan fingerprint density at radius 1 is 1.00 bits per heavy atom. The van der Waals surface area contributed by atoms with E-state index in [0.29, 0.717) is 11.4 Å². The zero-order valence-electron chi connectivity index (χ0n) is 12.7. The van der Waals surface area contributed by atoms with E-state index in [0.717, 1.165) is 12.8 Å². The van der Waals surface area contributed by atoms with Gasteiger partial charge in [-0.1, -0.05) is 19.3 Å². The van der Waals surface area contributed by atoms with Crippen LogP contribution in [0.4, 0.5) is 0 Å². The molecule has 0 amide bonds. The van der Waals surface area contributed by atoms with Crippen molar-refractivity contribution in [1.29, 1.82) is 0 Å². The third-order valence-corrected chi connectivity index (χ3v) is 4.89. The van der Waals surface area contributed by atoms with Gasteiger partial charge in [-0.05, 0) is 37.1 Å². The first-order chi connectivity index (χ1) is 10.4. The van der Waals surface area contributed by atoms with Gasteiger partial charge in [-0.3, -0.25) is 4.99 Å². The third kappa shape index (κ3) is 5.40. The minimum absolute atomic E-state index is 0. The Kier molecular flexibility index (Phi) is 6.83. The number of rotatable bonds is 4. The number of hydrogen-bond acceptors (Lipinski definition) is 3. The number of nitrogens with zero attached hydrogens (tertiary/aromatic N) is 2. The molecule has 0 bridgehead atoms. The molecule has 128 valence electrons. The fourth-order valence-electron chi connectivity index (χ4n) is 2.47. The molecule has 23 heavy (non-hydrogen) atoms. The van der Waals surface area contributed by atoms with E-state index in [-0.39, 0.29) is 23.3 Å². The van der Waals surface area contributed by atoms with Crippen molar-refractivity contribution in [3.8, 4) is 0 Å². The Balaban J connectivity index is 0.00000264. The van der Waals surface area contributed by atoms with Gasteiger partial charge in [-0.15, -0.1) is 16.8 Å². The number of aliphatic imine (C=N–C) groups is 1. The van der Waals surface area contributed by atoms with Crippen LogP contribution in [0.3, 0.4) is 0 Å². The Bertz CT molecular complexity index is 676. The molecule has 0 radical (unpaired) electrons. The lowest BCUT2D eigenvalue weighted by Gasteiger charge is -2.18. The third-order valence-electron chi connectivity index (χ3n) is 3.57. The Morgan fingerprint density at radius 2 is 1.57 bits per heavy atom. The highest BCUT2D eigenvalue weighted by atomic mass is 35.5. The number of sulfonamides is 1. The summed E-state index contributed by atoms with van der Waals surface area (Å²) < 4.78 is 26.9. The van der Waals surface area contributed by atoms with Crippen molar-refractivity contribution >= 4 is 34.2 Å². The van der Waals surface area contributed by atoms with E-state index in [1.165, 1.54) is 31.4 Å². The summed E-state index contributed by atoms with van der Waals surface area (Å²) in [6, 6.07) is 6.31. The monoisotopic (exact) mass is 359 g/mol. The molecule has 0 spiro atoms. The van der Waals surface area contributed by atoms with Gasteiger partial charge in [-0.2, -0.15) is 8.42 Å². The van der Waals surface area contributed by atoms with Crippen LogP contribution in [-0.4, -0.2) is 26.3 Å².